The van der Waals surface area contributed by atoms with E-state index < -0.39 is 0 Å². The van der Waals surface area contributed by atoms with Crippen LogP contribution >= 0.6 is 0 Å². The van der Waals surface area contributed by atoms with Crippen LogP contribution in [0, 0.1) is 0 Å². The van der Waals surface area contributed by atoms with Gasteiger partial charge in [-0.3, -0.25) is 9.66 Å². The number of nitrogens with one attached hydrogen (secondary N) is 1. The van der Waals surface area contributed by atoms with Crippen LogP contribution in [0.3, 0.4) is 0 Å². The molecule has 10 heteroatoms. The third kappa shape index (κ3) is 5.67. The molecule has 45 heavy (non-hydrogen) atoms. The summed E-state index contributed by atoms with van der Waals surface area (Å²) in [6, 6.07) is 31.6. The summed E-state index contributed by atoms with van der Waals surface area (Å²) in [5.41, 5.74) is 29.2. The number of nitrogens with two attached hydrogens (primary N) is 4. The molecule has 0 aliphatic carbocycles. The van der Waals surface area contributed by atoms with Crippen molar-refractivity contribution in [1.82, 2.24) is 24.6 Å². The third-order valence-corrected chi connectivity index (χ3v) is 7.49. The molecule has 8 rings (SSSR count). The van der Waals surface area contributed by atoms with Gasteiger partial charge >= 0.3 is 0 Å². The largest absolute Gasteiger partial charge is 0.397 e. The van der Waals surface area contributed by atoms with Gasteiger partial charge in [0.15, 0.2) is 0 Å². The van der Waals surface area contributed by atoms with Crippen LogP contribution < -0.4 is 23.0 Å². The summed E-state index contributed by atoms with van der Waals surface area (Å²) >= 11 is 0. The van der Waals surface area contributed by atoms with E-state index in [1.54, 1.807) is 6.08 Å². The van der Waals surface area contributed by atoms with Crippen molar-refractivity contribution in [3.05, 3.63) is 126 Å². The number of fused-ring (bicyclic) bond motifs is 9. The molecule has 0 saturated carbocycles. The van der Waals surface area contributed by atoms with Gasteiger partial charge in [0.05, 0.1) is 45.2 Å². The summed E-state index contributed by atoms with van der Waals surface area (Å²) in [7, 11) is 0. The molecule has 0 radical (unpaired) electrons. The Balaban J connectivity index is 0.000000276. The van der Waals surface area contributed by atoms with E-state index in [0.717, 1.165) is 39.1 Å². The van der Waals surface area contributed by atoms with E-state index in [1.165, 1.54) is 10.1 Å². The maximum absolute atomic E-state index is 6.68. The van der Waals surface area contributed by atoms with Gasteiger partial charge in [-0.1, -0.05) is 54.6 Å². The predicted octanol–water partition coefficient (Wildman–Crippen LogP) is 6.19. The zero-order valence-electron chi connectivity index (χ0n) is 24.4. The van der Waals surface area contributed by atoms with E-state index in [0.29, 0.717) is 39.5 Å². The molecule has 2 aliphatic rings. The number of pyridine rings is 1. The molecule has 9 N–H and O–H groups in total. The second-order valence-corrected chi connectivity index (χ2v) is 10.5. The SMILES string of the molecule is NC1=Cc2cc3ccc(cc4nc(cc5c(-c6ccccc6)c(N)c(c(N)c1n2)n5N)C=C4)[nH]3.[Zn].c1ccc2ncccc2c1. The Morgan fingerprint density at radius 2 is 1.33 bits per heavy atom. The maximum atomic E-state index is 6.68. The average molecular weight is 641 g/mol. The molecule has 0 amide bonds. The zero-order valence-corrected chi connectivity index (χ0v) is 27.3. The molecule has 4 aromatic heterocycles. The van der Waals surface area contributed by atoms with Crippen LogP contribution in [0.25, 0.3) is 68.0 Å². The van der Waals surface area contributed by atoms with Crippen molar-refractivity contribution in [2.24, 2.45) is 5.73 Å². The number of nitrogens with zero attached hydrogens (tertiary/aromatic N) is 4. The Labute approximate surface area is 271 Å². The van der Waals surface area contributed by atoms with Crippen molar-refractivity contribution < 1.29 is 19.5 Å². The second kappa shape index (κ2) is 12.1. The van der Waals surface area contributed by atoms with Gasteiger partial charge in [-0.15, -0.1) is 0 Å². The summed E-state index contributed by atoms with van der Waals surface area (Å²) in [6.07, 6.45) is 7.48. The van der Waals surface area contributed by atoms with Crippen LogP contribution in [0.1, 0.15) is 22.8 Å². The molecule has 0 spiro atoms. The Bertz CT molecular complexity index is 2220. The van der Waals surface area contributed by atoms with Gasteiger partial charge < -0.3 is 28.0 Å². The minimum absolute atomic E-state index is 0. The maximum Gasteiger partial charge on any atom is 0.112 e. The normalized spacial score (nSPS) is 11.8. The molecule has 0 fully saturated rings. The molecule has 0 atom stereocenters. The first-order valence-corrected chi connectivity index (χ1v) is 14.0. The number of aromatic nitrogens is 5. The van der Waals surface area contributed by atoms with Gasteiger partial charge in [-0.25, -0.2) is 9.97 Å². The minimum atomic E-state index is 0. The van der Waals surface area contributed by atoms with Gasteiger partial charge in [-0.2, -0.15) is 0 Å². The Hall–Kier alpha value is -5.73. The molecule has 8 bridgehead atoms. The van der Waals surface area contributed by atoms with Crippen LogP contribution in [0.2, 0.25) is 0 Å². The van der Waals surface area contributed by atoms with E-state index in [2.05, 4.69) is 27.1 Å². The Morgan fingerprint density at radius 1 is 0.667 bits per heavy atom. The number of hydrogen-bond acceptors (Lipinski definition) is 7. The van der Waals surface area contributed by atoms with Crippen molar-refractivity contribution in [2.45, 2.75) is 0 Å². The number of para-hydroxylation sites is 1. The van der Waals surface area contributed by atoms with Crippen molar-refractivity contribution in [3.63, 3.8) is 0 Å². The molecule has 6 heterocycles. The predicted molar refractivity (Wildman–Crippen MR) is 182 cm³/mol. The van der Waals surface area contributed by atoms with E-state index >= 15 is 0 Å². The topological polar surface area (TPSA) is 163 Å². The van der Waals surface area contributed by atoms with Gasteiger partial charge in [0, 0.05) is 47.7 Å². The Morgan fingerprint density at radius 3 is 2.09 bits per heavy atom. The van der Waals surface area contributed by atoms with Gasteiger partial charge in [-0.05, 0) is 66.3 Å². The van der Waals surface area contributed by atoms with Crippen molar-refractivity contribution in [1.29, 1.82) is 0 Å². The van der Waals surface area contributed by atoms with E-state index in [4.69, 9.17) is 28.0 Å². The van der Waals surface area contributed by atoms with Crippen molar-refractivity contribution >= 4 is 68.3 Å². The molecule has 0 unspecified atom stereocenters. The molecule has 2 aliphatic heterocycles. The first kappa shape index (κ1) is 29.3. The summed E-state index contributed by atoms with van der Waals surface area (Å²) in [4.78, 5) is 16.9. The van der Waals surface area contributed by atoms with Gasteiger partial charge in [0.1, 0.15) is 11.2 Å². The number of H-pyrrole nitrogens is 1. The quantitative estimate of drug-likeness (QED) is 0.105. The number of aromatic amines is 1. The monoisotopic (exact) mass is 639 g/mol. The fourth-order valence-electron chi connectivity index (χ4n) is 5.44. The minimum Gasteiger partial charge on any atom is -0.397 e. The van der Waals surface area contributed by atoms with Crippen LogP contribution in [-0.4, -0.2) is 24.6 Å². The second-order valence-electron chi connectivity index (χ2n) is 10.5. The van der Waals surface area contributed by atoms with Crippen LogP contribution in [0.4, 0.5) is 11.4 Å². The van der Waals surface area contributed by atoms with Crippen molar-refractivity contribution in [2.75, 3.05) is 17.3 Å². The van der Waals surface area contributed by atoms with E-state index in [1.807, 2.05) is 103 Å². The third-order valence-electron chi connectivity index (χ3n) is 7.49. The first-order valence-electron chi connectivity index (χ1n) is 14.0. The number of rotatable bonds is 1. The average Bonchev–Trinajstić information content (AvgIpc) is 3.81. The first-order chi connectivity index (χ1) is 21.4. The summed E-state index contributed by atoms with van der Waals surface area (Å²) < 4.78 is 1.49. The van der Waals surface area contributed by atoms with Gasteiger partial charge in [0.25, 0.3) is 0 Å². The van der Waals surface area contributed by atoms with Crippen LogP contribution in [-0.2, 0) is 19.5 Å². The summed E-state index contributed by atoms with van der Waals surface area (Å²) in [6.45, 7) is 0. The molecule has 2 aromatic carbocycles. The molecule has 9 nitrogen and oxygen atoms in total. The van der Waals surface area contributed by atoms with E-state index in [9.17, 15) is 0 Å². The smallest absolute Gasteiger partial charge is 0.112 e. The fraction of sp³-hybridized carbons (Fsp3) is 0. The standard InChI is InChI=1S/C26H22N8.C9H7N.Zn/c27-20-12-19-11-17-7-6-15(31-17)10-16-8-9-18(32-16)13-21-22(14-4-2-1-3-5-14)23(28)26(34(21)30)24(29)25(20)33-19;1-2-6-9-8(4-1)5-3-7-10-9;/h1-13,31H,27-30H2;1-7H;. The van der Waals surface area contributed by atoms with E-state index in [-0.39, 0.29) is 19.5 Å². The molecule has 0 saturated heterocycles. The number of nitrogen functional groups attached to an aromatic ring is 3. The number of hydrogen-bond donors (Lipinski definition) is 5. The molecular formula is C35H29N9Zn. The van der Waals surface area contributed by atoms with Gasteiger partial charge in [0.2, 0.25) is 0 Å². The molecule has 216 valence electrons. The van der Waals surface area contributed by atoms with Crippen molar-refractivity contribution in [3.8, 4) is 11.1 Å². The summed E-state index contributed by atoms with van der Waals surface area (Å²) in [5.74, 6) is 6.61. The van der Waals surface area contributed by atoms with Crippen LogP contribution in [0.15, 0.2) is 103 Å². The molecular weight excluding hydrogens is 612 g/mol. The number of benzene rings is 2. The summed E-state index contributed by atoms with van der Waals surface area (Å²) in [5, 5.41) is 1.20. The number of anilines is 2. The zero-order chi connectivity index (χ0) is 30.2. The van der Waals surface area contributed by atoms with Crippen LogP contribution in [0.5, 0.6) is 0 Å². The molecule has 6 aromatic rings. The Kier molecular flexibility index (Phi) is 7.90. The fourth-order valence-corrected chi connectivity index (χ4v) is 5.44.